The third-order valence-electron chi connectivity index (χ3n) is 4.06. The third-order valence-corrected chi connectivity index (χ3v) is 5.00. The van der Waals surface area contributed by atoms with Crippen LogP contribution in [0.5, 0.6) is 5.88 Å². The minimum Gasteiger partial charge on any atom is -0.481 e. The van der Waals surface area contributed by atoms with Crippen LogP contribution < -0.4 is 15.4 Å². The standard InChI is InChI=1S/C20H17N5O2S/c1-27-18-7-5-15(12-22-18)14-4-6-16-17(9-14)28-20(24-16)25-19(26)23-11-13-3-2-8-21-10-13/h2-10,12H,11H2,1H3,(H2,23,24,25,26). The summed E-state index contributed by atoms with van der Waals surface area (Å²) < 4.78 is 6.08. The van der Waals surface area contributed by atoms with Crippen LogP contribution in [0.1, 0.15) is 5.56 Å². The van der Waals surface area contributed by atoms with Gasteiger partial charge in [0.15, 0.2) is 5.13 Å². The smallest absolute Gasteiger partial charge is 0.321 e. The number of rotatable bonds is 5. The van der Waals surface area contributed by atoms with Gasteiger partial charge in [0.1, 0.15) is 0 Å². The second kappa shape index (κ2) is 8.01. The number of hydrogen-bond donors (Lipinski definition) is 2. The highest BCUT2D eigenvalue weighted by Crippen LogP contribution is 2.30. The van der Waals surface area contributed by atoms with E-state index >= 15 is 0 Å². The molecular formula is C20H17N5O2S. The first-order valence-corrected chi connectivity index (χ1v) is 9.38. The van der Waals surface area contributed by atoms with Gasteiger partial charge in [-0.05, 0) is 35.4 Å². The Hall–Kier alpha value is -3.52. The lowest BCUT2D eigenvalue weighted by Gasteiger charge is -2.04. The van der Waals surface area contributed by atoms with Crippen LogP contribution in [0.4, 0.5) is 9.93 Å². The van der Waals surface area contributed by atoms with Crippen LogP contribution in [0, 0.1) is 0 Å². The molecule has 2 amide bonds. The number of amides is 2. The molecule has 0 aliphatic rings. The van der Waals surface area contributed by atoms with Gasteiger partial charge in [0.25, 0.3) is 0 Å². The number of aromatic nitrogens is 3. The average molecular weight is 391 g/mol. The number of nitrogens with one attached hydrogen (secondary N) is 2. The molecule has 4 aromatic rings. The molecule has 4 rings (SSSR count). The number of benzene rings is 1. The molecule has 140 valence electrons. The molecule has 0 spiro atoms. The van der Waals surface area contributed by atoms with Crippen molar-refractivity contribution in [3.63, 3.8) is 0 Å². The summed E-state index contributed by atoms with van der Waals surface area (Å²) >= 11 is 1.42. The highest BCUT2D eigenvalue weighted by Gasteiger charge is 2.09. The Kier molecular flexibility index (Phi) is 5.11. The van der Waals surface area contributed by atoms with E-state index in [1.54, 1.807) is 25.7 Å². The number of hydrogen-bond acceptors (Lipinski definition) is 6. The lowest BCUT2D eigenvalue weighted by atomic mass is 10.1. The predicted molar refractivity (Wildman–Crippen MR) is 109 cm³/mol. The van der Waals surface area contributed by atoms with E-state index in [-0.39, 0.29) is 6.03 Å². The van der Waals surface area contributed by atoms with Crippen LogP contribution in [0.2, 0.25) is 0 Å². The lowest BCUT2D eigenvalue weighted by molar-refractivity contribution is 0.251. The van der Waals surface area contributed by atoms with Gasteiger partial charge in [-0.2, -0.15) is 0 Å². The largest absolute Gasteiger partial charge is 0.481 e. The Labute approximate surface area is 165 Å². The summed E-state index contributed by atoms with van der Waals surface area (Å²) in [7, 11) is 1.59. The van der Waals surface area contributed by atoms with Crippen molar-refractivity contribution < 1.29 is 9.53 Å². The molecule has 0 fully saturated rings. The van der Waals surface area contributed by atoms with E-state index in [1.807, 2.05) is 42.5 Å². The van der Waals surface area contributed by atoms with Gasteiger partial charge in [0, 0.05) is 36.8 Å². The first-order valence-electron chi connectivity index (χ1n) is 8.56. The monoisotopic (exact) mass is 391 g/mol. The molecule has 28 heavy (non-hydrogen) atoms. The van der Waals surface area contributed by atoms with Crippen molar-refractivity contribution in [1.82, 2.24) is 20.3 Å². The zero-order valence-corrected chi connectivity index (χ0v) is 15.9. The number of urea groups is 1. The van der Waals surface area contributed by atoms with Crippen molar-refractivity contribution in [2.75, 3.05) is 12.4 Å². The molecule has 2 N–H and O–H groups in total. The van der Waals surface area contributed by atoms with Crippen molar-refractivity contribution >= 4 is 32.7 Å². The Bertz CT molecular complexity index is 1100. The third kappa shape index (κ3) is 4.07. The van der Waals surface area contributed by atoms with Gasteiger partial charge < -0.3 is 10.1 Å². The molecule has 8 heteroatoms. The molecule has 7 nitrogen and oxygen atoms in total. The van der Waals surface area contributed by atoms with Gasteiger partial charge in [0.2, 0.25) is 5.88 Å². The maximum atomic E-state index is 12.1. The van der Waals surface area contributed by atoms with Crippen molar-refractivity contribution in [2.45, 2.75) is 6.54 Å². The Morgan fingerprint density at radius 1 is 1.14 bits per heavy atom. The Morgan fingerprint density at radius 2 is 2.04 bits per heavy atom. The lowest BCUT2D eigenvalue weighted by Crippen LogP contribution is -2.28. The van der Waals surface area contributed by atoms with Crippen LogP contribution in [-0.4, -0.2) is 28.1 Å². The molecule has 1 aromatic carbocycles. The normalized spacial score (nSPS) is 10.6. The quantitative estimate of drug-likeness (QED) is 0.535. The van der Waals surface area contributed by atoms with Gasteiger partial charge in [-0.3, -0.25) is 10.3 Å². The van der Waals surface area contributed by atoms with E-state index in [2.05, 4.69) is 25.6 Å². The number of carbonyl (C=O) groups is 1. The summed E-state index contributed by atoms with van der Waals surface area (Å²) in [5, 5.41) is 6.13. The zero-order chi connectivity index (χ0) is 19.3. The minimum atomic E-state index is -0.303. The summed E-state index contributed by atoms with van der Waals surface area (Å²) in [6, 6.07) is 13.2. The van der Waals surface area contributed by atoms with Crippen LogP contribution >= 0.6 is 11.3 Å². The zero-order valence-electron chi connectivity index (χ0n) is 15.0. The molecule has 0 radical (unpaired) electrons. The summed E-state index contributed by atoms with van der Waals surface area (Å²) in [6.07, 6.45) is 5.18. The SMILES string of the molecule is COc1ccc(-c2ccc3nc(NC(=O)NCc4cccnc4)sc3c2)cn1. The van der Waals surface area contributed by atoms with E-state index in [1.165, 1.54) is 11.3 Å². The molecule has 0 aliphatic carbocycles. The van der Waals surface area contributed by atoms with Crippen molar-refractivity contribution in [2.24, 2.45) is 0 Å². The van der Waals surface area contributed by atoms with Crippen LogP contribution in [-0.2, 0) is 6.54 Å². The fraction of sp³-hybridized carbons (Fsp3) is 0.100. The maximum Gasteiger partial charge on any atom is 0.321 e. The number of methoxy groups -OCH3 is 1. The minimum absolute atomic E-state index is 0.303. The van der Waals surface area contributed by atoms with E-state index in [4.69, 9.17) is 4.74 Å². The number of pyridine rings is 2. The first kappa shape index (κ1) is 17.9. The van der Waals surface area contributed by atoms with Crippen LogP contribution in [0.3, 0.4) is 0 Å². The molecule has 0 bridgehead atoms. The van der Waals surface area contributed by atoms with Crippen LogP contribution in [0.15, 0.2) is 61.1 Å². The number of thiazole rings is 1. The van der Waals surface area contributed by atoms with Gasteiger partial charge in [-0.1, -0.05) is 23.5 Å². The van der Waals surface area contributed by atoms with Gasteiger partial charge in [-0.25, -0.2) is 14.8 Å². The molecule has 0 saturated carbocycles. The number of carbonyl (C=O) groups excluding carboxylic acids is 1. The second-order valence-electron chi connectivity index (χ2n) is 5.96. The van der Waals surface area contributed by atoms with E-state index in [9.17, 15) is 4.79 Å². The molecule has 3 aromatic heterocycles. The van der Waals surface area contributed by atoms with E-state index in [0.717, 1.165) is 26.9 Å². The maximum absolute atomic E-state index is 12.1. The fourth-order valence-corrected chi connectivity index (χ4v) is 3.56. The summed E-state index contributed by atoms with van der Waals surface area (Å²) in [6.45, 7) is 0.402. The van der Waals surface area contributed by atoms with Gasteiger partial charge in [-0.15, -0.1) is 0 Å². The molecular weight excluding hydrogens is 374 g/mol. The molecule has 0 atom stereocenters. The van der Waals surface area contributed by atoms with Crippen molar-refractivity contribution in [3.8, 4) is 17.0 Å². The molecule has 3 heterocycles. The van der Waals surface area contributed by atoms with E-state index < -0.39 is 0 Å². The number of fused-ring (bicyclic) bond motifs is 1. The first-order chi connectivity index (χ1) is 13.7. The predicted octanol–water partition coefficient (Wildman–Crippen LogP) is 4.08. The molecule has 0 unspecified atom stereocenters. The fourth-order valence-electron chi connectivity index (χ4n) is 2.66. The van der Waals surface area contributed by atoms with Gasteiger partial charge in [0.05, 0.1) is 17.3 Å². The highest BCUT2D eigenvalue weighted by molar-refractivity contribution is 7.22. The Balaban J connectivity index is 1.46. The number of ether oxygens (including phenoxy) is 1. The number of anilines is 1. The van der Waals surface area contributed by atoms with Crippen molar-refractivity contribution in [3.05, 3.63) is 66.6 Å². The van der Waals surface area contributed by atoms with Gasteiger partial charge >= 0.3 is 6.03 Å². The summed E-state index contributed by atoms with van der Waals surface area (Å²) in [5.41, 5.74) is 3.77. The summed E-state index contributed by atoms with van der Waals surface area (Å²) in [5.74, 6) is 0.575. The second-order valence-corrected chi connectivity index (χ2v) is 6.99. The Morgan fingerprint density at radius 3 is 2.79 bits per heavy atom. The van der Waals surface area contributed by atoms with Crippen molar-refractivity contribution in [1.29, 1.82) is 0 Å². The average Bonchev–Trinajstić information content (AvgIpc) is 3.14. The van der Waals surface area contributed by atoms with Crippen LogP contribution in [0.25, 0.3) is 21.3 Å². The highest BCUT2D eigenvalue weighted by atomic mass is 32.1. The summed E-state index contributed by atoms with van der Waals surface area (Å²) in [4.78, 5) is 24.8. The molecule has 0 aliphatic heterocycles. The van der Waals surface area contributed by atoms with E-state index in [0.29, 0.717) is 17.6 Å². The molecule has 0 saturated heterocycles. The topological polar surface area (TPSA) is 89.0 Å². The number of nitrogens with zero attached hydrogens (tertiary/aromatic N) is 3.